The summed E-state index contributed by atoms with van der Waals surface area (Å²) in [5.74, 6) is 0. The molecule has 4 heterocycles. The highest BCUT2D eigenvalue weighted by atomic mass is 32.1. The van der Waals surface area contributed by atoms with E-state index in [1.807, 2.05) is 11.3 Å². The first-order valence-electron chi connectivity index (χ1n) is 22.0. The molecule has 12 rings (SSSR count). The van der Waals surface area contributed by atoms with Crippen LogP contribution < -0.4 is 16.2 Å². The van der Waals surface area contributed by atoms with Gasteiger partial charge in [0.15, 0.2) is 7.28 Å². The van der Waals surface area contributed by atoms with Gasteiger partial charge in [0.1, 0.15) is 11.2 Å². The Bertz CT molecular complexity index is 3620. The molecule has 8 aromatic carbocycles. The SMILES string of the molecule is CC(C)(C)c1ccc(Nc2ccc(C(C)(C)C)cc2-c2ccc3c4cc5c(cc4n4c3c2[B]c2cc3sc(-c6ccccc6)c(-c6ccccc6)c3cc2-4)oc2ccccc25)cc1. The Kier molecular flexibility index (Phi) is 8.33. The summed E-state index contributed by atoms with van der Waals surface area (Å²) >= 11 is 1.89. The lowest BCUT2D eigenvalue weighted by molar-refractivity contribution is 0.590. The second-order valence-corrected chi connectivity index (χ2v) is 20.3. The topological polar surface area (TPSA) is 30.1 Å². The van der Waals surface area contributed by atoms with Crippen LogP contribution in [0.15, 0.2) is 168 Å². The van der Waals surface area contributed by atoms with Gasteiger partial charge < -0.3 is 14.3 Å². The third kappa shape index (κ3) is 6.08. The molecule has 3 aromatic heterocycles. The molecule has 1 N–H and O–H groups in total. The quantitative estimate of drug-likeness (QED) is 0.175. The van der Waals surface area contributed by atoms with Crippen LogP contribution >= 0.6 is 11.3 Å². The number of para-hydroxylation sites is 1. The molecule has 1 radical (unpaired) electrons. The average molecular weight is 830 g/mol. The molecule has 5 heteroatoms. The number of rotatable bonds is 5. The van der Waals surface area contributed by atoms with Crippen LogP contribution in [0.2, 0.25) is 0 Å². The van der Waals surface area contributed by atoms with E-state index in [-0.39, 0.29) is 10.8 Å². The van der Waals surface area contributed by atoms with E-state index in [1.54, 1.807) is 0 Å². The molecule has 0 aliphatic carbocycles. The minimum atomic E-state index is -0.0390. The second kappa shape index (κ2) is 13.8. The molecule has 0 amide bonds. The Labute approximate surface area is 372 Å². The lowest BCUT2D eigenvalue weighted by Crippen LogP contribution is -2.37. The summed E-state index contributed by atoms with van der Waals surface area (Å²) in [6, 6.07) is 60.4. The Morgan fingerprint density at radius 1 is 0.540 bits per heavy atom. The summed E-state index contributed by atoms with van der Waals surface area (Å²) in [6.07, 6.45) is 0. The maximum atomic E-state index is 6.60. The molecule has 0 unspecified atom stereocenters. The lowest BCUT2D eigenvalue weighted by atomic mass is 9.59. The molecule has 1 aliphatic rings. The normalized spacial score (nSPS) is 12.7. The Balaban J connectivity index is 1.15. The fourth-order valence-corrected chi connectivity index (χ4v) is 11.1. The van der Waals surface area contributed by atoms with E-state index < -0.39 is 0 Å². The smallest absolute Gasteiger partial charge is 0.197 e. The number of nitrogens with zero attached hydrogens (tertiary/aromatic N) is 1. The molecule has 0 atom stereocenters. The predicted molar refractivity (Wildman–Crippen MR) is 272 cm³/mol. The van der Waals surface area contributed by atoms with Gasteiger partial charge in [-0.3, -0.25) is 0 Å². The Hall–Kier alpha value is -6.82. The fourth-order valence-electron chi connectivity index (χ4n) is 9.83. The number of thiophene rings is 1. The summed E-state index contributed by atoms with van der Waals surface area (Å²) in [6.45, 7) is 13.7. The Morgan fingerprint density at radius 2 is 1.24 bits per heavy atom. The van der Waals surface area contributed by atoms with Gasteiger partial charge in [0.25, 0.3) is 0 Å². The van der Waals surface area contributed by atoms with Crippen molar-refractivity contribution in [3.05, 3.63) is 175 Å². The van der Waals surface area contributed by atoms with Gasteiger partial charge in [-0.05, 0) is 92.6 Å². The van der Waals surface area contributed by atoms with Gasteiger partial charge in [0, 0.05) is 76.3 Å². The highest BCUT2D eigenvalue weighted by Crippen LogP contribution is 2.47. The van der Waals surface area contributed by atoms with E-state index in [0.29, 0.717) is 0 Å². The molecular formula is C58H46BN2OS. The third-order valence-electron chi connectivity index (χ3n) is 13.1. The van der Waals surface area contributed by atoms with E-state index in [0.717, 1.165) is 38.8 Å². The first-order chi connectivity index (χ1) is 30.5. The third-order valence-corrected chi connectivity index (χ3v) is 14.4. The molecule has 0 saturated carbocycles. The second-order valence-electron chi connectivity index (χ2n) is 19.3. The summed E-state index contributed by atoms with van der Waals surface area (Å²) < 4.78 is 10.4. The Morgan fingerprint density at radius 3 is 1.98 bits per heavy atom. The number of hydrogen-bond acceptors (Lipinski definition) is 3. The van der Waals surface area contributed by atoms with E-state index in [1.165, 1.54) is 86.8 Å². The molecule has 0 spiro atoms. The van der Waals surface area contributed by atoms with Crippen molar-refractivity contribution >= 4 is 94.7 Å². The average Bonchev–Trinajstić information content (AvgIpc) is 3.95. The number of hydrogen-bond donors (Lipinski definition) is 1. The van der Waals surface area contributed by atoms with Gasteiger partial charge >= 0.3 is 0 Å². The van der Waals surface area contributed by atoms with Crippen molar-refractivity contribution in [2.45, 2.75) is 52.4 Å². The maximum absolute atomic E-state index is 6.60. The highest BCUT2D eigenvalue weighted by molar-refractivity contribution is 7.23. The number of aromatic nitrogens is 1. The zero-order valence-electron chi connectivity index (χ0n) is 36.4. The standard InChI is InChI=1S/C58H46BN2OS/c1-57(2,3)36-21-24-38(25-22-36)60-47-28-23-37(58(4,5)6)29-42(47)40-26-27-41-43-30-44-39-19-13-14-20-50(39)62-51(44)33-48(43)61-49-31-45-52(32-46(49)59-54(40)55(41)61)63-56(35-17-11-8-12-18-35)53(45)34-15-9-7-10-16-34/h7-33,60H,1-6H3. The van der Waals surface area contributed by atoms with E-state index in [9.17, 15) is 0 Å². The number of anilines is 2. The van der Waals surface area contributed by atoms with Crippen LogP contribution in [-0.2, 0) is 10.8 Å². The number of benzene rings is 8. The molecule has 0 bridgehead atoms. The molecule has 63 heavy (non-hydrogen) atoms. The number of nitrogens with one attached hydrogen (secondary N) is 1. The van der Waals surface area contributed by atoms with Gasteiger partial charge in [-0.25, -0.2) is 0 Å². The van der Waals surface area contributed by atoms with E-state index in [4.69, 9.17) is 4.42 Å². The molecule has 1 aliphatic heterocycles. The molecule has 11 aromatic rings. The summed E-state index contributed by atoms with van der Waals surface area (Å²) in [5, 5.41) is 9.87. The zero-order chi connectivity index (χ0) is 42.8. The van der Waals surface area contributed by atoms with Crippen LogP contribution in [0.4, 0.5) is 11.4 Å². The largest absolute Gasteiger partial charge is 0.456 e. The highest BCUT2D eigenvalue weighted by Gasteiger charge is 2.30. The van der Waals surface area contributed by atoms with Gasteiger partial charge in [-0.15, -0.1) is 11.3 Å². The number of furan rings is 1. The predicted octanol–water partition coefficient (Wildman–Crippen LogP) is 15.2. The molecule has 0 saturated heterocycles. The minimum Gasteiger partial charge on any atom is -0.456 e. The van der Waals surface area contributed by atoms with Crippen molar-refractivity contribution < 1.29 is 4.42 Å². The van der Waals surface area contributed by atoms with Crippen LogP contribution in [0.25, 0.3) is 92.2 Å². The first-order valence-corrected chi connectivity index (χ1v) is 22.8. The van der Waals surface area contributed by atoms with Crippen LogP contribution in [0, 0.1) is 0 Å². The van der Waals surface area contributed by atoms with Gasteiger partial charge in [0.05, 0.1) is 5.52 Å². The van der Waals surface area contributed by atoms with Crippen molar-refractivity contribution in [2.24, 2.45) is 0 Å². The van der Waals surface area contributed by atoms with E-state index in [2.05, 4.69) is 222 Å². The summed E-state index contributed by atoms with van der Waals surface area (Å²) in [7, 11) is 2.46. The van der Waals surface area contributed by atoms with Gasteiger partial charge in [-0.1, -0.05) is 156 Å². The summed E-state index contributed by atoms with van der Waals surface area (Å²) in [4.78, 5) is 1.29. The van der Waals surface area contributed by atoms with Crippen molar-refractivity contribution in [3.8, 4) is 38.4 Å². The van der Waals surface area contributed by atoms with E-state index >= 15 is 0 Å². The number of fused-ring (bicyclic) bond motifs is 9. The van der Waals surface area contributed by atoms with Crippen molar-refractivity contribution in [2.75, 3.05) is 5.32 Å². The maximum Gasteiger partial charge on any atom is 0.197 e. The zero-order valence-corrected chi connectivity index (χ0v) is 37.2. The first kappa shape index (κ1) is 37.9. The lowest BCUT2D eigenvalue weighted by Gasteiger charge is -2.26. The minimum absolute atomic E-state index is 0.0390. The van der Waals surface area contributed by atoms with Crippen molar-refractivity contribution in [1.29, 1.82) is 0 Å². The molecule has 3 nitrogen and oxygen atoms in total. The van der Waals surface area contributed by atoms with Gasteiger partial charge in [0.2, 0.25) is 0 Å². The van der Waals surface area contributed by atoms with Crippen LogP contribution in [0.1, 0.15) is 52.7 Å². The monoisotopic (exact) mass is 829 g/mol. The molecule has 303 valence electrons. The van der Waals surface area contributed by atoms with Crippen LogP contribution in [0.3, 0.4) is 0 Å². The fraction of sp³-hybridized carbons (Fsp3) is 0.138. The van der Waals surface area contributed by atoms with Crippen LogP contribution in [-0.4, -0.2) is 11.8 Å². The van der Waals surface area contributed by atoms with Gasteiger partial charge in [-0.2, -0.15) is 0 Å². The molecule has 0 fully saturated rings. The van der Waals surface area contributed by atoms with Crippen molar-refractivity contribution in [3.63, 3.8) is 0 Å². The summed E-state index contributed by atoms with van der Waals surface area (Å²) in [5.41, 5.74) is 18.7. The van der Waals surface area contributed by atoms with Crippen LogP contribution in [0.5, 0.6) is 0 Å². The molecular weight excluding hydrogens is 784 g/mol. The van der Waals surface area contributed by atoms with Crippen molar-refractivity contribution in [1.82, 2.24) is 4.57 Å².